The number of guanidine groups is 1. The summed E-state index contributed by atoms with van der Waals surface area (Å²) in [5.41, 5.74) is 2.48. The molecule has 0 spiro atoms. The Morgan fingerprint density at radius 2 is 2.14 bits per heavy atom. The van der Waals surface area contributed by atoms with Crippen LogP contribution in [0.3, 0.4) is 0 Å². The second kappa shape index (κ2) is 8.67. The molecule has 4 rings (SSSR count). The summed E-state index contributed by atoms with van der Waals surface area (Å²) in [5, 5.41) is 7.80. The van der Waals surface area contributed by atoms with E-state index in [4.69, 9.17) is 9.73 Å². The topological polar surface area (TPSA) is 54.7 Å². The van der Waals surface area contributed by atoms with Crippen molar-refractivity contribution in [2.45, 2.75) is 51.2 Å². The van der Waals surface area contributed by atoms with Crippen molar-refractivity contribution in [1.82, 2.24) is 20.0 Å². The first-order valence-electron chi connectivity index (χ1n) is 10.5. The molecule has 0 amide bonds. The zero-order valence-electron chi connectivity index (χ0n) is 17.0. The van der Waals surface area contributed by atoms with Gasteiger partial charge in [0, 0.05) is 44.4 Å². The van der Waals surface area contributed by atoms with E-state index >= 15 is 0 Å². The van der Waals surface area contributed by atoms with E-state index in [2.05, 4.69) is 46.6 Å². The number of aliphatic imine (C=N–C) groups is 1. The largest absolute Gasteiger partial charge is 0.490 e. The first kappa shape index (κ1) is 18.8. The molecule has 1 saturated heterocycles. The highest BCUT2D eigenvalue weighted by atomic mass is 16.5. The second-order valence-electron chi connectivity index (χ2n) is 7.83. The number of aryl methyl sites for hydroxylation is 1. The molecule has 28 heavy (non-hydrogen) atoms. The highest BCUT2D eigenvalue weighted by Crippen LogP contribution is 2.29. The molecule has 1 saturated carbocycles. The van der Waals surface area contributed by atoms with Crippen LogP contribution in [0.25, 0.3) is 0 Å². The molecule has 2 aromatic rings. The Balaban J connectivity index is 1.44. The Morgan fingerprint density at radius 3 is 2.86 bits per heavy atom. The maximum atomic E-state index is 6.16. The summed E-state index contributed by atoms with van der Waals surface area (Å²) in [4.78, 5) is 7.31. The summed E-state index contributed by atoms with van der Waals surface area (Å²) in [5.74, 6) is 2.50. The minimum atomic E-state index is 0.386. The number of aromatic nitrogens is 2. The lowest BCUT2D eigenvalue weighted by Gasteiger charge is -2.27. The third-order valence-corrected chi connectivity index (χ3v) is 5.74. The van der Waals surface area contributed by atoms with Gasteiger partial charge < -0.3 is 15.0 Å². The zero-order chi connectivity index (χ0) is 19.3. The maximum absolute atomic E-state index is 6.16. The highest BCUT2D eigenvalue weighted by molar-refractivity contribution is 5.80. The summed E-state index contributed by atoms with van der Waals surface area (Å²) in [6, 6.07) is 8.32. The van der Waals surface area contributed by atoms with E-state index in [9.17, 15) is 0 Å². The Morgan fingerprint density at radius 1 is 1.29 bits per heavy atom. The van der Waals surface area contributed by atoms with E-state index in [1.54, 1.807) is 0 Å². The van der Waals surface area contributed by atoms with Crippen LogP contribution in [0.1, 0.15) is 49.7 Å². The molecule has 1 aliphatic heterocycles. The lowest BCUT2D eigenvalue weighted by molar-refractivity contribution is 0.119. The van der Waals surface area contributed by atoms with Gasteiger partial charge in [0.25, 0.3) is 0 Å². The fourth-order valence-electron chi connectivity index (χ4n) is 3.88. The van der Waals surface area contributed by atoms with Gasteiger partial charge in [0.15, 0.2) is 5.96 Å². The molecule has 2 aliphatic rings. The van der Waals surface area contributed by atoms with Crippen LogP contribution in [0.4, 0.5) is 0 Å². The predicted molar refractivity (Wildman–Crippen MR) is 112 cm³/mol. The van der Waals surface area contributed by atoms with Crippen molar-refractivity contribution < 1.29 is 4.74 Å². The summed E-state index contributed by atoms with van der Waals surface area (Å²) >= 11 is 0. The molecule has 1 aromatic heterocycles. The van der Waals surface area contributed by atoms with Crippen molar-refractivity contribution in [3.05, 3.63) is 47.8 Å². The monoisotopic (exact) mass is 381 g/mol. The first-order chi connectivity index (χ1) is 13.7. The molecule has 6 heteroatoms. The third-order valence-electron chi connectivity index (χ3n) is 5.74. The molecule has 1 N–H and O–H groups in total. The van der Waals surface area contributed by atoms with E-state index < -0.39 is 0 Å². The van der Waals surface area contributed by atoms with Gasteiger partial charge in [0.1, 0.15) is 5.75 Å². The average molecular weight is 382 g/mol. The van der Waals surface area contributed by atoms with Gasteiger partial charge in [0.2, 0.25) is 0 Å². The molecule has 6 nitrogen and oxygen atoms in total. The van der Waals surface area contributed by atoms with Gasteiger partial charge in [0.05, 0.1) is 18.8 Å². The van der Waals surface area contributed by atoms with Crippen LogP contribution in [0.15, 0.2) is 41.7 Å². The van der Waals surface area contributed by atoms with Gasteiger partial charge in [-0.3, -0.25) is 4.68 Å². The van der Waals surface area contributed by atoms with E-state index in [1.807, 2.05) is 24.0 Å². The molecular formula is C22H31N5O. The number of para-hydroxylation sites is 1. The van der Waals surface area contributed by atoms with Crippen LogP contribution >= 0.6 is 0 Å². The number of rotatable bonds is 6. The maximum Gasteiger partial charge on any atom is 0.194 e. The van der Waals surface area contributed by atoms with Gasteiger partial charge >= 0.3 is 0 Å². The minimum Gasteiger partial charge on any atom is -0.490 e. The Labute approximate surface area is 167 Å². The summed E-state index contributed by atoms with van der Waals surface area (Å²) in [7, 11) is 1.98. The number of nitrogens with one attached hydrogen (secondary N) is 1. The number of benzene rings is 1. The lowest BCUT2D eigenvalue weighted by atomic mass is 9.96. The summed E-state index contributed by atoms with van der Waals surface area (Å²) in [6.45, 7) is 5.63. The average Bonchev–Trinajstić information content (AvgIpc) is 3.31. The van der Waals surface area contributed by atoms with E-state index in [0.29, 0.717) is 18.6 Å². The third kappa shape index (κ3) is 4.32. The van der Waals surface area contributed by atoms with Crippen molar-refractivity contribution in [3.8, 4) is 5.75 Å². The fourth-order valence-corrected chi connectivity index (χ4v) is 3.88. The van der Waals surface area contributed by atoms with Gasteiger partial charge in [-0.15, -0.1) is 0 Å². The molecule has 0 bridgehead atoms. The van der Waals surface area contributed by atoms with Crippen LogP contribution < -0.4 is 10.1 Å². The van der Waals surface area contributed by atoms with Crippen molar-refractivity contribution in [2.75, 3.05) is 19.6 Å². The van der Waals surface area contributed by atoms with Crippen LogP contribution in [-0.4, -0.2) is 46.4 Å². The molecular weight excluding hydrogens is 350 g/mol. The Hall–Kier alpha value is -2.50. The fraction of sp³-hybridized carbons (Fsp3) is 0.545. The van der Waals surface area contributed by atoms with Crippen LogP contribution in [0, 0.1) is 0 Å². The van der Waals surface area contributed by atoms with E-state index in [1.165, 1.54) is 24.8 Å². The number of hydrogen-bond acceptors (Lipinski definition) is 3. The minimum absolute atomic E-state index is 0.386. The van der Waals surface area contributed by atoms with E-state index in [0.717, 1.165) is 43.3 Å². The van der Waals surface area contributed by atoms with Gasteiger partial charge in [-0.25, -0.2) is 4.99 Å². The lowest BCUT2D eigenvalue weighted by Crippen LogP contribution is -2.40. The molecule has 2 heterocycles. The normalized spacial score (nSPS) is 20.3. The standard InChI is InChI=1S/C22H31N5O/c1-3-23-22(27-12-11-18(16-27)19-14-25-26(2)15-19)24-13-17-7-4-5-10-21(17)28-20-8-6-9-20/h4-5,7,10,14-15,18,20H,3,6,8-9,11-13,16H2,1-2H3,(H,23,24). The molecule has 1 aliphatic carbocycles. The smallest absolute Gasteiger partial charge is 0.194 e. The van der Waals surface area contributed by atoms with E-state index in [-0.39, 0.29) is 0 Å². The molecule has 0 radical (unpaired) electrons. The van der Waals surface area contributed by atoms with Gasteiger partial charge in [-0.2, -0.15) is 5.10 Å². The van der Waals surface area contributed by atoms with Crippen LogP contribution in [-0.2, 0) is 13.6 Å². The van der Waals surface area contributed by atoms with Crippen LogP contribution in [0.5, 0.6) is 5.75 Å². The number of likely N-dealkylation sites (tertiary alicyclic amines) is 1. The van der Waals surface area contributed by atoms with Crippen LogP contribution in [0.2, 0.25) is 0 Å². The quantitative estimate of drug-likeness (QED) is 0.616. The first-order valence-corrected chi connectivity index (χ1v) is 10.5. The number of nitrogens with zero attached hydrogens (tertiary/aromatic N) is 4. The number of hydrogen-bond donors (Lipinski definition) is 1. The summed E-state index contributed by atoms with van der Waals surface area (Å²) < 4.78 is 8.05. The predicted octanol–water partition coefficient (Wildman–Crippen LogP) is 3.31. The number of ether oxygens (including phenoxy) is 1. The van der Waals surface area contributed by atoms with Crippen molar-refractivity contribution in [3.63, 3.8) is 0 Å². The molecule has 1 unspecified atom stereocenters. The van der Waals surface area contributed by atoms with Crippen molar-refractivity contribution >= 4 is 5.96 Å². The molecule has 1 atom stereocenters. The molecule has 2 fully saturated rings. The van der Waals surface area contributed by atoms with Crippen molar-refractivity contribution in [2.24, 2.45) is 12.0 Å². The Kier molecular flexibility index (Phi) is 5.84. The van der Waals surface area contributed by atoms with Gasteiger partial charge in [-0.1, -0.05) is 18.2 Å². The van der Waals surface area contributed by atoms with Gasteiger partial charge in [-0.05, 0) is 44.2 Å². The second-order valence-corrected chi connectivity index (χ2v) is 7.83. The van der Waals surface area contributed by atoms with Crippen molar-refractivity contribution in [1.29, 1.82) is 0 Å². The molecule has 150 valence electrons. The highest BCUT2D eigenvalue weighted by Gasteiger charge is 2.27. The zero-order valence-corrected chi connectivity index (χ0v) is 17.0. The summed E-state index contributed by atoms with van der Waals surface area (Å²) in [6.07, 6.45) is 9.27. The SMILES string of the molecule is CCNC(=NCc1ccccc1OC1CCC1)N1CCC(c2cnn(C)c2)C1. The Bertz CT molecular complexity index is 811. The molecule has 1 aromatic carbocycles.